The van der Waals surface area contributed by atoms with Gasteiger partial charge in [0.2, 0.25) is 0 Å². The summed E-state index contributed by atoms with van der Waals surface area (Å²) in [5.41, 5.74) is 4.44. The third kappa shape index (κ3) is 6.98. The minimum absolute atomic E-state index is 0.0144. The van der Waals surface area contributed by atoms with Crippen molar-refractivity contribution < 1.29 is 39.9 Å². The molecule has 2 heterocycles. The number of nitrogens with zero attached hydrogens (tertiary/aromatic N) is 3. The Kier molecular flexibility index (Phi) is 8.29. The molecule has 0 unspecified atom stereocenters. The first kappa shape index (κ1) is 29.5. The molecule has 0 aliphatic heterocycles. The normalized spacial score (nSPS) is 11.9. The number of hydrogen-bond acceptors (Lipinski definition) is 8. The first-order chi connectivity index (χ1) is 19.2. The number of carbonyl (C=O) groups is 1. The smallest absolute Gasteiger partial charge is 0.434 e. The highest BCUT2D eigenvalue weighted by Gasteiger charge is 2.33. The van der Waals surface area contributed by atoms with E-state index in [1.165, 1.54) is 12.1 Å². The first-order valence-corrected chi connectivity index (χ1v) is 13.0. The number of primary amides is 1. The highest BCUT2D eigenvalue weighted by molar-refractivity contribution is 7.93. The Hall–Kier alpha value is -4.51. The number of nitrogens with two attached hydrogens (primary N) is 1. The number of nitrogens with one attached hydrogen (secondary N) is 3. The van der Waals surface area contributed by atoms with Crippen LogP contribution in [0.2, 0.25) is 5.02 Å². The molecule has 5 N–H and O–H groups in total. The molecule has 0 radical (unpaired) electrons. The fourth-order valence-corrected chi connectivity index (χ4v) is 4.05. The second-order valence-corrected chi connectivity index (χ2v) is 10.2. The average Bonchev–Trinajstić information content (AvgIpc) is 3.32. The largest absolute Gasteiger partial charge is 0.487 e. The Morgan fingerprint density at radius 3 is 2.39 bits per heavy atom. The fourth-order valence-electron chi connectivity index (χ4n) is 3.36. The van der Waals surface area contributed by atoms with Crippen LogP contribution in [0.25, 0.3) is 11.3 Å². The van der Waals surface area contributed by atoms with Crippen molar-refractivity contribution >= 4 is 44.9 Å². The van der Waals surface area contributed by atoms with E-state index < -0.39 is 33.6 Å². The van der Waals surface area contributed by atoms with E-state index in [1.807, 2.05) is 0 Å². The number of alkyl halides is 5. The Morgan fingerprint density at radius 2 is 1.80 bits per heavy atom. The maximum atomic E-state index is 13.0. The number of benzene rings is 2. The molecule has 0 saturated carbocycles. The lowest BCUT2D eigenvalue weighted by molar-refractivity contribution is -0.141. The molecule has 0 fully saturated rings. The number of ether oxygens (including phenoxy) is 1. The summed E-state index contributed by atoms with van der Waals surface area (Å²) < 4.78 is 95.5. The number of anilines is 3. The van der Waals surface area contributed by atoms with Gasteiger partial charge in [-0.3, -0.25) is 14.6 Å². The van der Waals surface area contributed by atoms with Crippen molar-refractivity contribution in [1.82, 2.24) is 20.2 Å². The lowest BCUT2D eigenvalue weighted by Gasteiger charge is -2.15. The number of H-pyrrole nitrogens is 1. The topological polar surface area (TPSA) is 165 Å². The van der Waals surface area contributed by atoms with Crippen molar-refractivity contribution in [1.29, 1.82) is 0 Å². The standard InChI is InChI=1S/C23H17ClF5N7O4S/c24-13-4-1-11(2-5-13)10-40-15-7-12(3-6-14(15)36-41(38,39)22(25)26)19-18(20(30)37)21(35-34-19)33-17-9-31-16(8-32-17)23(27,28)29/h1-9,22,36H,10H2,(H2,30,37)(H2,32,33,34,35). The van der Waals surface area contributed by atoms with Crippen molar-refractivity contribution in [3.05, 3.63) is 76.7 Å². The molecule has 4 aromatic rings. The lowest BCUT2D eigenvalue weighted by Crippen LogP contribution is -2.21. The summed E-state index contributed by atoms with van der Waals surface area (Å²) in [5.74, 6) is -5.35. The molecule has 0 saturated heterocycles. The molecule has 216 valence electrons. The van der Waals surface area contributed by atoms with Crippen LogP contribution in [0.4, 0.5) is 39.3 Å². The van der Waals surface area contributed by atoms with Gasteiger partial charge in [-0.1, -0.05) is 29.8 Å². The van der Waals surface area contributed by atoms with Gasteiger partial charge in [0.15, 0.2) is 11.5 Å². The van der Waals surface area contributed by atoms with E-state index in [1.54, 1.807) is 29.0 Å². The second-order valence-electron chi connectivity index (χ2n) is 8.13. The van der Waals surface area contributed by atoms with Gasteiger partial charge >= 0.3 is 11.9 Å². The van der Waals surface area contributed by atoms with Gasteiger partial charge in [-0.05, 0) is 29.8 Å². The molecule has 1 amide bonds. The summed E-state index contributed by atoms with van der Waals surface area (Å²) in [4.78, 5) is 19.2. The van der Waals surface area contributed by atoms with Crippen molar-refractivity contribution in [3.63, 3.8) is 0 Å². The summed E-state index contributed by atoms with van der Waals surface area (Å²) in [5, 5.41) is 9.47. The van der Waals surface area contributed by atoms with Crippen LogP contribution in [-0.4, -0.2) is 40.2 Å². The van der Waals surface area contributed by atoms with Gasteiger partial charge in [0.25, 0.3) is 15.9 Å². The minimum atomic E-state index is -5.07. The Morgan fingerprint density at radius 1 is 1.10 bits per heavy atom. The molecular weight excluding hydrogens is 601 g/mol. The first-order valence-electron chi connectivity index (χ1n) is 11.1. The van der Waals surface area contributed by atoms with E-state index in [0.29, 0.717) is 16.8 Å². The molecule has 0 aliphatic rings. The summed E-state index contributed by atoms with van der Waals surface area (Å²) in [6.07, 6.45) is -3.47. The zero-order valence-electron chi connectivity index (χ0n) is 20.2. The van der Waals surface area contributed by atoms with Gasteiger partial charge < -0.3 is 15.8 Å². The molecule has 0 aliphatic carbocycles. The predicted octanol–water partition coefficient (Wildman–Crippen LogP) is 4.92. The molecule has 18 heteroatoms. The van der Waals surface area contributed by atoms with Gasteiger partial charge in [0, 0.05) is 10.6 Å². The van der Waals surface area contributed by atoms with Crippen LogP contribution in [0.1, 0.15) is 21.6 Å². The number of aromatic nitrogens is 4. The summed E-state index contributed by atoms with van der Waals surface area (Å²) >= 11 is 5.87. The molecule has 41 heavy (non-hydrogen) atoms. The van der Waals surface area contributed by atoms with E-state index in [4.69, 9.17) is 22.1 Å². The maximum absolute atomic E-state index is 13.0. The fraction of sp³-hybridized carbons (Fsp3) is 0.130. The van der Waals surface area contributed by atoms with Gasteiger partial charge in [0.05, 0.1) is 23.8 Å². The number of carbonyl (C=O) groups excluding carboxylic acids is 1. The summed E-state index contributed by atoms with van der Waals surface area (Å²) in [6, 6.07) is 10.0. The maximum Gasteiger partial charge on any atom is 0.434 e. The van der Waals surface area contributed by atoms with Gasteiger partial charge in [0.1, 0.15) is 23.7 Å². The molecule has 4 rings (SSSR count). The Labute approximate surface area is 233 Å². The van der Waals surface area contributed by atoms with Crippen molar-refractivity contribution in [2.24, 2.45) is 5.73 Å². The SMILES string of the molecule is NC(=O)c1c(Nc2cnc(C(F)(F)F)cn2)n[nH]c1-c1ccc(NS(=O)(=O)C(F)F)c(OCc2ccc(Cl)cc2)c1. The minimum Gasteiger partial charge on any atom is -0.487 e. The molecule has 0 atom stereocenters. The zero-order chi connectivity index (χ0) is 29.9. The van der Waals surface area contributed by atoms with Crippen molar-refractivity contribution in [2.45, 2.75) is 18.5 Å². The lowest BCUT2D eigenvalue weighted by atomic mass is 10.1. The van der Waals surface area contributed by atoms with Crippen LogP contribution >= 0.6 is 11.6 Å². The molecule has 0 spiro atoms. The predicted molar refractivity (Wildman–Crippen MR) is 137 cm³/mol. The van der Waals surface area contributed by atoms with Crippen molar-refractivity contribution in [2.75, 3.05) is 10.0 Å². The quantitative estimate of drug-likeness (QED) is 0.182. The third-order valence-corrected chi connectivity index (χ3v) is 6.49. The highest BCUT2D eigenvalue weighted by atomic mass is 35.5. The van der Waals surface area contributed by atoms with Crippen LogP contribution in [-0.2, 0) is 22.8 Å². The van der Waals surface area contributed by atoms with E-state index in [9.17, 15) is 35.2 Å². The Bertz CT molecular complexity index is 1670. The average molecular weight is 618 g/mol. The highest BCUT2D eigenvalue weighted by Crippen LogP contribution is 2.35. The van der Waals surface area contributed by atoms with Gasteiger partial charge in [-0.25, -0.2) is 18.4 Å². The molecular formula is C23H17ClF5N7O4S. The molecule has 11 nitrogen and oxygen atoms in total. The Balaban J connectivity index is 1.69. The number of rotatable bonds is 10. The number of amides is 1. The van der Waals surface area contributed by atoms with Crippen LogP contribution in [0.5, 0.6) is 5.75 Å². The van der Waals surface area contributed by atoms with Crippen LogP contribution in [0.15, 0.2) is 54.9 Å². The van der Waals surface area contributed by atoms with Crippen LogP contribution in [0, 0.1) is 0 Å². The van der Waals surface area contributed by atoms with E-state index in [-0.39, 0.29) is 46.5 Å². The summed E-state index contributed by atoms with van der Waals surface area (Å²) in [7, 11) is -5.07. The van der Waals surface area contributed by atoms with E-state index in [2.05, 4.69) is 25.5 Å². The monoisotopic (exact) mass is 617 g/mol. The zero-order valence-corrected chi connectivity index (χ0v) is 21.8. The third-order valence-electron chi connectivity index (χ3n) is 5.27. The molecule has 2 aromatic heterocycles. The second kappa shape index (κ2) is 11.5. The van der Waals surface area contributed by atoms with Crippen molar-refractivity contribution in [3.8, 4) is 17.0 Å². The number of sulfonamides is 1. The van der Waals surface area contributed by atoms with E-state index >= 15 is 0 Å². The number of hydrogen-bond donors (Lipinski definition) is 4. The van der Waals surface area contributed by atoms with Crippen LogP contribution in [0.3, 0.4) is 0 Å². The number of aromatic amines is 1. The summed E-state index contributed by atoms with van der Waals surface area (Å²) in [6.45, 7) is -0.130. The van der Waals surface area contributed by atoms with E-state index in [0.717, 1.165) is 12.3 Å². The molecule has 2 aromatic carbocycles. The van der Waals surface area contributed by atoms with Gasteiger partial charge in [-0.15, -0.1) is 0 Å². The van der Waals surface area contributed by atoms with Crippen LogP contribution < -0.4 is 20.5 Å². The van der Waals surface area contributed by atoms with Gasteiger partial charge in [-0.2, -0.15) is 27.1 Å². The number of halogens is 6. The molecule has 0 bridgehead atoms.